The third-order valence-corrected chi connectivity index (χ3v) is 4.16. The topological polar surface area (TPSA) is 54.3 Å². The predicted molar refractivity (Wildman–Crippen MR) is 97.2 cm³/mol. The van der Waals surface area contributed by atoms with E-state index in [1.807, 2.05) is 69.3 Å². The van der Waals surface area contributed by atoms with Gasteiger partial charge in [-0.05, 0) is 44.0 Å². The van der Waals surface area contributed by atoms with Crippen molar-refractivity contribution in [2.45, 2.75) is 26.8 Å². The minimum Gasteiger partial charge on any atom is -0.459 e. The quantitative estimate of drug-likeness (QED) is 0.735. The molecule has 0 saturated heterocycles. The maximum absolute atomic E-state index is 12.2. The molecule has 1 aromatic heterocycles. The van der Waals surface area contributed by atoms with Crippen LogP contribution in [0.1, 0.15) is 29.9 Å². The number of fused-ring (bicyclic) bond motifs is 1. The zero-order chi connectivity index (χ0) is 17.1. The van der Waals surface area contributed by atoms with Crippen molar-refractivity contribution in [1.29, 1.82) is 0 Å². The van der Waals surface area contributed by atoms with Crippen LogP contribution in [0.25, 0.3) is 11.0 Å². The highest BCUT2D eigenvalue weighted by Gasteiger charge is 2.14. The first-order chi connectivity index (χ1) is 11.5. The third-order valence-electron chi connectivity index (χ3n) is 4.16. The molecule has 1 amide bonds. The molecule has 0 fully saturated rings. The molecule has 4 heteroatoms. The van der Waals surface area contributed by atoms with Gasteiger partial charge in [-0.3, -0.25) is 4.79 Å². The molecule has 3 rings (SSSR count). The first-order valence-electron chi connectivity index (χ1n) is 8.12. The van der Waals surface area contributed by atoms with Crippen LogP contribution in [0.3, 0.4) is 0 Å². The minimum absolute atomic E-state index is 0.0643. The van der Waals surface area contributed by atoms with E-state index >= 15 is 0 Å². The van der Waals surface area contributed by atoms with Gasteiger partial charge in [0, 0.05) is 11.1 Å². The number of nitrogens with one attached hydrogen (secondary N) is 2. The lowest BCUT2D eigenvalue weighted by molar-refractivity contribution is -0.120. The Morgan fingerprint density at radius 2 is 1.79 bits per heavy atom. The van der Waals surface area contributed by atoms with Gasteiger partial charge in [0.15, 0.2) is 0 Å². The molecule has 2 aromatic carbocycles. The lowest BCUT2D eigenvalue weighted by Gasteiger charge is -2.15. The average molecular weight is 322 g/mol. The molecule has 0 aliphatic carbocycles. The van der Waals surface area contributed by atoms with Crippen LogP contribution >= 0.6 is 0 Å². The molecular formula is C20H22N2O2. The molecule has 0 bridgehead atoms. The summed E-state index contributed by atoms with van der Waals surface area (Å²) in [6, 6.07) is 15.7. The molecule has 0 radical (unpaired) electrons. The Kier molecular flexibility index (Phi) is 4.56. The fourth-order valence-corrected chi connectivity index (χ4v) is 2.84. The van der Waals surface area contributed by atoms with Gasteiger partial charge in [-0.2, -0.15) is 0 Å². The second kappa shape index (κ2) is 6.79. The smallest absolute Gasteiger partial charge is 0.239 e. The number of rotatable bonds is 5. The van der Waals surface area contributed by atoms with E-state index in [1.165, 1.54) is 0 Å². The summed E-state index contributed by atoms with van der Waals surface area (Å²) in [5.74, 6) is 0.697. The lowest BCUT2D eigenvalue weighted by atomic mass is 10.1. The van der Waals surface area contributed by atoms with Crippen molar-refractivity contribution in [3.63, 3.8) is 0 Å². The van der Waals surface area contributed by atoms with Crippen LogP contribution in [0.15, 0.2) is 52.9 Å². The summed E-state index contributed by atoms with van der Waals surface area (Å²) in [4.78, 5) is 12.2. The fourth-order valence-electron chi connectivity index (χ4n) is 2.84. The number of carbonyl (C=O) groups is 1. The summed E-state index contributed by atoms with van der Waals surface area (Å²) in [5.41, 5.74) is 4.12. The van der Waals surface area contributed by atoms with Crippen LogP contribution in [-0.4, -0.2) is 12.5 Å². The Labute approximate surface area is 141 Å². The number of amides is 1. The van der Waals surface area contributed by atoms with Crippen LogP contribution in [0.4, 0.5) is 5.69 Å². The van der Waals surface area contributed by atoms with Crippen molar-refractivity contribution in [3.05, 3.63) is 65.4 Å². The summed E-state index contributed by atoms with van der Waals surface area (Å²) in [5, 5.41) is 7.24. The van der Waals surface area contributed by atoms with E-state index in [-0.39, 0.29) is 18.5 Å². The zero-order valence-electron chi connectivity index (χ0n) is 14.2. The van der Waals surface area contributed by atoms with Crippen LogP contribution in [0.2, 0.25) is 0 Å². The summed E-state index contributed by atoms with van der Waals surface area (Å²) >= 11 is 0. The minimum atomic E-state index is -0.176. The first-order valence-corrected chi connectivity index (χ1v) is 8.12. The molecule has 4 nitrogen and oxygen atoms in total. The molecule has 0 saturated carbocycles. The van der Waals surface area contributed by atoms with Crippen molar-refractivity contribution in [3.8, 4) is 0 Å². The molecule has 0 spiro atoms. The number of furan rings is 1. The second-order valence-corrected chi connectivity index (χ2v) is 6.10. The maximum Gasteiger partial charge on any atom is 0.239 e. The Morgan fingerprint density at radius 3 is 2.50 bits per heavy atom. The molecule has 3 aromatic rings. The monoisotopic (exact) mass is 322 g/mol. The van der Waals surface area contributed by atoms with E-state index in [4.69, 9.17) is 4.42 Å². The predicted octanol–water partition coefficient (Wildman–Crippen LogP) is 4.34. The summed E-state index contributed by atoms with van der Waals surface area (Å²) in [7, 11) is 0. The average Bonchev–Trinajstić information content (AvgIpc) is 2.98. The Morgan fingerprint density at radius 1 is 1.08 bits per heavy atom. The molecule has 1 heterocycles. The van der Waals surface area contributed by atoms with Gasteiger partial charge in [0.05, 0.1) is 12.6 Å². The van der Waals surface area contributed by atoms with Crippen LogP contribution in [-0.2, 0) is 4.79 Å². The van der Waals surface area contributed by atoms with Crippen LogP contribution < -0.4 is 10.6 Å². The Bertz CT molecular complexity index is 814. The highest BCUT2D eigenvalue weighted by Crippen LogP contribution is 2.23. The summed E-state index contributed by atoms with van der Waals surface area (Å²) in [6.45, 7) is 6.22. The molecule has 2 N–H and O–H groups in total. The van der Waals surface area contributed by atoms with E-state index in [0.717, 1.165) is 33.5 Å². The third kappa shape index (κ3) is 3.43. The van der Waals surface area contributed by atoms with E-state index < -0.39 is 0 Å². The highest BCUT2D eigenvalue weighted by atomic mass is 16.3. The second-order valence-electron chi connectivity index (χ2n) is 6.10. The van der Waals surface area contributed by atoms with Gasteiger partial charge in [0.25, 0.3) is 0 Å². The molecule has 0 aliphatic rings. The van der Waals surface area contributed by atoms with Crippen molar-refractivity contribution in [2.24, 2.45) is 0 Å². The first kappa shape index (κ1) is 16.1. The molecule has 24 heavy (non-hydrogen) atoms. The largest absolute Gasteiger partial charge is 0.459 e. The number of anilines is 1. The molecular weight excluding hydrogens is 300 g/mol. The number of aryl methyl sites for hydroxylation is 2. The number of hydrogen-bond donors (Lipinski definition) is 2. The summed E-state index contributed by atoms with van der Waals surface area (Å²) < 4.78 is 5.80. The van der Waals surface area contributed by atoms with Crippen LogP contribution in [0.5, 0.6) is 0 Å². The van der Waals surface area contributed by atoms with Crippen molar-refractivity contribution in [1.82, 2.24) is 5.32 Å². The van der Waals surface area contributed by atoms with Crippen molar-refractivity contribution < 1.29 is 9.21 Å². The van der Waals surface area contributed by atoms with Gasteiger partial charge < -0.3 is 15.1 Å². The van der Waals surface area contributed by atoms with E-state index in [2.05, 4.69) is 10.6 Å². The molecule has 124 valence electrons. The molecule has 1 atom stereocenters. The lowest BCUT2D eigenvalue weighted by Crippen LogP contribution is -2.32. The Hall–Kier alpha value is -2.75. The van der Waals surface area contributed by atoms with Crippen molar-refractivity contribution >= 4 is 22.6 Å². The normalized spacial score (nSPS) is 12.1. The number of hydrogen-bond acceptors (Lipinski definition) is 3. The summed E-state index contributed by atoms with van der Waals surface area (Å²) in [6.07, 6.45) is 0. The van der Waals surface area contributed by atoms with E-state index in [9.17, 15) is 4.79 Å². The highest BCUT2D eigenvalue weighted by molar-refractivity contribution is 5.82. The van der Waals surface area contributed by atoms with Gasteiger partial charge >= 0.3 is 0 Å². The Balaban J connectivity index is 1.62. The van der Waals surface area contributed by atoms with Gasteiger partial charge in [-0.1, -0.05) is 36.4 Å². The van der Waals surface area contributed by atoms with Crippen LogP contribution in [0, 0.1) is 13.8 Å². The van der Waals surface area contributed by atoms with Gasteiger partial charge in [-0.15, -0.1) is 0 Å². The molecule has 1 unspecified atom stereocenters. The van der Waals surface area contributed by atoms with Crippen molar-refractivity contribution in [2.75, 3.05) is 11.9 Å². The fraction of sp³-hybridized carbons (Fsp3) is 0.250. The standard InChI is InChI=1S/C20H22N2O2/c1-13-7-6-8-14(2)20(13)21-12-19(23)22-15(3)18-11-16-9-4-5-10-17(16)24-18/h4-11,15,21H,12H2,1-3H3,(H,22,23). The number of carbonyl (C=O) groups excluding carboxylic acids is 1. The van der Waals surface area contributed by atoms with Gasteiger partial charge in [0.2, 0.25) is 5.91 Å². The van der Waals surface area contributed by atoms with E-state index in [1.54, 1.807) is 0 Å². The number of benzene rings is 2. The van der Waals surface area contributed by atoms with E-state index in [0.29, 0.717) is 0 Å². The zero-order valence-corrected chi connectivity index (χ0v) is 14.2. The number of para-hydroxylation sites is 2. The van der Waals surface area contributed by atoms with Gasteiger partial charge in [0.1, 0.15) is 11.3 Å². The maximum atomic E-state index is 12.2. The van der Waals surface area contributed by atoms with Gasteiger partial charge in [-0.25, -0.2) is 0 Å². The SMILES string of the molecule is Cc1cccc(C)c1NCC(=O)NC(C)c1cc2ccccc2o1. The molecule has 0 aliphatic heterocycles.